The molecule has 9 heteroatoms. The molecule has 0 aliphatic carbocycles. The van der Waals surface area contributed by atoms with Gasteiger partial charge in [-0.15, -0.1) is 0 Å². The second kappa shape index (κ2) is 5.41. The average Bonchev–Trinajstić information content (AvgIpc) is 2.81. The van der Waals surface area contributed by atoms with Gasteiger partial charge in [0.2, 0.25) is 6.39 Å². The van der Waals surface area contributed by atoms with Crippen LogP contribution in [0.1, 0.15) is 5.82 Å². The zero-order valence-corrected chi connectivity index (χ0v) is 9.79. The Labute approximate surface area is 106 Å². The summed E-state index contributed by atoms with van der Waals surface area (Å²) in [6.07, 6.45) is 1.75. The van der Waals surface area contributed by atoms with Gasteiger partial charge < -0.3 is 9.84 Å². The van der Waals surface area contributed by atoms with Crippen molar-refractivity contribution in [3.05, 3.63) is 39.6 Å². The van der Waals surface area contributed by atoms with Crippen LogP contribution in [0.25, 0.3) is 0 Å². The third kappa shape index (κ3) is 3.14. The molecule has 1 N–H and O–H groups in total. The van der Waals surface area contributed by atoms with Crippen LogP contribution in [-0.4, -0.2) is 26.6 Å². The van der Waals surface area contributed by atoms with Gasteiger partial charge in [0.25, 0.3) is 5.69 Å². The fourth-order valence-electron chi connectivity index (χ4n) is 1.28. The van der Waals surface area contributed by atoms with Crippen LogP contribution < -0.4 is 5.32 Å². The fourth-order valence-corrected chi connectivity index (χ4v) is 1.49. The number of nitrogens with zero attached hydrogens (tertiary/aromatic N) is 4. The lowest BCUT2D eigenvalue weighted by molar-refractivity contribution is -0.384. The van der Waals surface area contributed by atoms with Gasteiger partial charge in [-0.1, -0.05) is 16.8 Å². The Kier molecular flexibility index (Phi) is 3.68. The summed E-state index contributed by atoms with van der Waals surface area (Å²) in [5.41, 5.74) is -0.114. The zero-order valence-electron chi connectivity index (χ0n) is 9.04. The number of aromatic nitrogens is 3. The van der Waals surface area contributed by atoms with Gasteiger partial charge >= 0.3 is 0 Å². The third-order valence-corrected chi connectivity index (χ3v) is 2.24. The van der Waals surface area contributed by atoms with E-state index in [1.807, 2.05) is 0 Å². The van der Waals surface area contributed by atoms with E-state index >= 15 is 0 Å². The minimum Gasteiger partial charge on any atom is -0.369 e. The molecular formula is C9H8ClN5O3. The van der Waals surface area contributed by atoms with Crippen molar-refractivity contribution in [3.8, 4) is 0 Å². The molecule has 0 fully saturated rings. The molecule has 2 aromatic rings. The minimum atomic E-state index is -0.530. The molecule has 0 aliphatic heterocycles. The zero-order chi connectivity index (χ0) is 13.0. The van der Waals surface area contributed by atoms with Crippen molar-refractivity contribution in [1.29, 1.82) is 0 Å². The number of hydrogen-bond donors (Lipinski definition) is 1. The lowest BCUT2D eigenvalue weighted by Crippen LogP contribution is -2.07. The van der Waals surface area contributed by atoms with E-state index in [1.54, 1.807) is 0 Å². The van der Waals surface area contributed by atoms with Crippen molar-refractivity contribution in [3.63, 3.8) is 0 Å². The Balaban J connectivity index is 1.98. The molecule has 0 unspecified atom stereocenters. The van der Waals surface area contributed by atoms with Crippen LogP contribution in [-0.2, 0) is 6.42 Å². The maximum atomic E-state index is 10.6. The van der Waals surface area contributed by atoms with Crippen LogP contribution in [0.4, 0.5) is 11.5 Å². The standard InChI is InChI=1S/C9H8ClN5O3/c10-7-3-6(15(16)17)4-9(13-7)11-2-1-8-12-5-18-14-8/h3-5H,1-2H2,(H,11,13). The highest BCUT2D eigenvalue weighted by atomic mass is 35.5. The molecular weight excluding hydrogens is 262 g/mol. The van der Waals surface area contributed by atoms with E-state index in [9.17, 15) is 10.1 Å². The highest BCUT2D eigenvalue weighted by molar-refractivity contribution is 6.29. The Morgan fingerprint density at radius 1 is 1.50 bits per heavy atom. The van der Waals surface area contributed by atoms with Gasteiger partial charge in [-0.3, -0.25) is 10.1 Å². The lowest BCUT2D eigenvalue weighted by Gasteiger charge is -2.03. The molecule has 2 rings (SSSR count). The molecule has 0 saturated carbocycles. The van der Waals surface area contributed by atoms with Gasteiger partial charge in [0.15, 0.2) is 5.82 Å². The largest absolute Gasteiger partial charge is 0.369 e. The number of nitrogens with one attached hydrogen (secondary N) is 1. The van der Waals surface area contributed by atoms with E-state index < -0.39 is 4.92 Å². The number of rotatable bonds is 5. The first-order valence-electron chi connectivity index (χ1n) is 4.96. The van der Waals surface area contributed by atoms with Crippen molar-refractivity contribution < 1.29 is 9.45 Å². The van der Waals surface area contributed by atoms with Gasteiger partial charge in [0, 0.05) is 13.0 Å². The van der Waals surface area contributed by atoms with Crippen LogP contribution in [0.5, 0.6) is 0 Å². The predicted octanol–water partition coefficient (Wildman–Crippen LogP) is 1.68. The summed E-state index contributed by atoms with van der Waals surface area (Å²) in [4.78, 5) is 17.9. The van der Waals surface area contributed by atoms with Crippen molar-refractivity contribution in [2.75, 3.05) is 11.9 Å². The number of nitro groups is 1. The highest BCUT2D eigenvalue weighted by Crippen LogP contribution is 2.20. The maximum Gasteiger partial charge on any atom is 0.276 e. The summed E-state index contributed by atoms with van der Waals surface area (Å²) < 4.78 is 4.57. The molecule has 0 amide bonds. The monoisotopic (exact) mass is 269 g/mol. The highest BCUT2D eigenvalue weighted by Gasteiger charge is 2.10. The maximum absolute atomic E-state index is 10.6. The lowest BCUT2D eigenvalue weighted by atomic mass is 10.3. The van der Waals surface area contributed by atoms with E-state index in [0.717, 1.165) is 0 Å². The molecule has 94 valence electrons. The summed E-state index contributed by atoms with van der Waals surface area (Å²) in [7, 11) is 0. The van der Waals surface area contributed by atoms with Gasteiger partial charge in [0.05, 0.1) is 17.1 Å². The van der Waals surface area contributed by atoms with E-state index in [2.05, 4.69) is 25.0 Å². The summed E-state index contributed by atoms with van der Waals surface area (Å²) in [5.74, 6) is 0.872. The number of anilines is 1. The number of halogens is 1. The molecule has 0 spiro atoms. The van der Waals surface area contributed by atoms with Crippen LogP contribution in [0, 0.1) is 10.1 Å². The minimum absolute atomic E-state index is 0.0614. The second-order valence-electron chi connectivity index (χ2n) is 3.31. The topological polar surface area (TPSA) is 107 Å². The van der Waals surface area contributed by atoms with Gasteiger partial charge in [0.1, 0.15) is 11.0 Å². The second-order valence-corrected chi connectivity index (χ2v) is 3.70. The van der Waals surface area contributed by atoms with Crippen LogP contribution in [0.15, 0.2) is 23.0 Å². The van der Waals surface area contributed by atoms with Crippen LogP contribution in [0.3, 0.4) is 0 Å². The molecule has 18 heavy (non-hydrogen) atoms. The first-order valence-corrected chi connectivity index (χ1v) is 5.34. The Bertz CT molecular complexity index is 545. The summed E-state index contributed by atoms with van der Waals surface area (Å²) in [6, 6.07) is 2.49. The van der Waals surface area contributed by atoms with Crippen LogP contribution >= 0.6 is 11.6 Å². The van der Waals surface area contributed by atoms with Gasteiger partial charge in [-0.05, 0) is 0 Å². The van der Waals surface area contributed by atoms with E-state index in [-0.39, 0.29) is 10.8 Å². The normalized spacial score (nSPS) is 10.3. The molecule has 0 radical (unpaired) electrons. The summed E-state index contributed by atoms with van der Waals surface area (Å²) in [5, 5.41) is 17.2. The SMILES string of the molecule is O=[N+]([O-])c1cc(Cl)nc(NCCc2ncon2)c1. The van der Waals surface area contributed by atoms with E-state index in [1.165, 1.54) is 18.5 Å². The summed E-state index contributed by atoms with van der Waals surface area (Å²) in [6.45, 7) is 0.462. The van der Waals surface area contributed by atoms with E-state index in [0.29, 0.717) is 24.6 Å². The van der Waals surface area contributed by atoms with Gasteiger partial charge in [-0.25, -0.2) is 4.98 Å². The molecule has 0 aromatic carbocycles. The Hall–Kier alpha value is -2.22. The first kappa shape index (κ1) is 12.2. The molecule has 2 heterocycles. The molecule has 0 bridgehead atoms. The number of hydrogen-bond acceptors (Lipinski definition) is 7. The predicted molar refractivity (Wildman–Crippen MR) is 62.4 cm³/mol. The number of pyridine rings is 1. The van der Waals surface area contributed by atoms with Gasteiger partial charge in [-0.2, -0.15) is 4.98 Å². The first-order chi connectivity index (χ1) is 8.65. The molecule has 8 nitrogen and oxygen atoms in total. The van der Waals surface area contributed by atoms with Crippen molar-refractivity contribution in [2.45, 2.75) is 6.42 Å². The third-order valence-electron chi connectivity index (χ3n) is 2.05. The Morgan fingerprint density at radius 2 is 2.33 bits per heavy atom. The quantitative estimate of drug-likeness (QED) is 0.500. The van der Waals surface area contributed by atoms with Crippen LogP contribution in [0.2, 0.25) is 5.15 Å². The molecule has 0 atom stereocenters. The summed E-state index contributed by atoms with van der Waals surface area (Å²) >= 11 is 5.68. The Morgan fingerprint density at radius 3 is 3.00 bits per heavy atom. The smallest absolute Gasteiger partial charge is 0.276 e. The molecule has 0 aliphatic rings. The fraction of sp³-hybridized carbons (Fsp3) is 0.222. The van der Waals surface area contributed by atoms with Crippen molar-refractivity contribution in [1.82, 2.24) is 15.1 Å². The molecule has 0 saturated heterocycles. The van der Waals surface area contributed by atoms with Crippen molar-refractivity contribution in [2.24, 2.45) is 0 Å². The van der Waals surface area contributed by atoms with Crippen molar-refractivity contribution >= 4 is 23.1 Å². The average molecular weight is 270 g/mol. The van der Waals surface area contributed by atoms with E-state index in [4.69, 9.17) is 11.6 Å². The molecule has 2 aromatic heterocycles.